The molecule has 0 aromatic heterocycles. The Morgan fingerprint density at radius 3 is 2.08 bits per heavy atom. The summed E-state index contributed by atoms with van der Waals surface area (Å²) in [4.78, 5) is 0. The van der Waals surface area contributed by atoms with E-state index in [2.05, 4.69) is 46.4 Å². The topological polar surface area (TPSA) is 0 Å². The molecule has 0 unspecified atom stereocenters. The van der Waals surface area contributed by atoms with E-state index >= 15 is 0 Å². The molecule has 12 heavy (non-hydrogen) atoms. The summed E-state index contributed by atoms with van der Waals surface area (Å²) in [5.74, 6) is 0. The van der Waals surface area contributed by atoms with Crippen LogP contribution < -0.4 is 0 Å². The van der Waals surface area contributed by atoms with E-state index in [1.807, 2.05) is 0 Å². The van der Waals surface area contributed by atoms with Gasteiger partial charge in [0.05, 0.1) is 0 Å². The molecule has 0 atom stereocenters. The summed E-state index contributed by atoms with van der Waals surface area (Å²) in [6.07, 6.45) is 6.62. The molecule has 0 rings (SSSR count). The first-order valence-corrected chi connectivity index (χ1v) is 4.56. The second-order valence-corrected chi connectivity index (χ2v) is 3.38. The highest BCUT2D eigenvalue weighted by Gasteiger charge is 1.91. The Morgan fingerprint density at radius 2 is 1.75 bits per heavy atom. The van der Waals surface area contributed by atoms with E-state index in [1.54, 1.807) is 0 Å². The Bertz CT molecular complexity index is 200. The van der Waals surface area contributed by atoms with Gasteiger partial charge in [0.15, 0.2) is 0 Å². The molecule has 0 spiro atoms. The first kappa shape index (κ1) is 11.2. The Balaban J connectivity index is 4.13. The largest absolute Gasteiger partial charge is 0.0958 e. The lowest BCUT2D eigenvalue weighted by molar-refractivity contribution is 1.08. The van der Waals surface area contributed by atoms with Gasteiger partial charge in [-0.15, -0.1) is 0 Å². The lowest BCUT2D eigenvalue weighted by atomic mass is 10.1. The molecular weight excluding hydrogens is 144 g/mol. The minimum absolute atomic E-state index is 1.04. The molecule has 0 nitrogen and oxygen atoms in total. The van der Waals surface area contributed by atoms with Crippen LogP contribution in [0.4, 0.5) is 0 Å². The normalized spacial score (nSPS) is 11.2. The summed E-state index contributed by atoms with van der Waals surface area (Å²) >= 11 is 0. The molecule has 0 fully saturated rings. The van der Waals surface area contributed by atoms with Crippen molar-refractivity contribution >= 4 is 0 Å². The summed E-state index contributed by atoms with van der Waals surface area (Å²) < 4.78 is 0. The third kappa shape index (κ3) is 4.95. The van der Waals surface area contributed by atoms with Gasteiger partial charge in [-0.05, 0) is 39.2 Å². The first-order valence-electron chi connectivity index (χ1n) is 4.56. The van der Waals surface area contributed by atoms with Crippen LogP contribution in [-0.4, -0.2) is 0 Å². The first-order chi connectivity index (χ1) is 5.57. The molecule has 0 saturated heterocycles. The van der Waals surface area contributed by atoms with Crippen molar-refractivity contribution in [1.29, 1.82) is 0 Å². The zero-order valence-corrected chi connectivity index (χ0v) is 8.78. The average molecular weight is 164 g/mol. The fraction of sp³-hybridized carbons (Fsp3) is 0.500. The van der Waals surface area contributed by atoms with Crippen LogP contribution in [0.15, 0.2) is 35.5 Å². The molecule has 0 aromatic rings. The molecule has 0 radical (unpaired) electrons. The van der Waals surface area contributed by atoms with Crippen LogP contribution in [0.5, 0.6) is 0 Å². The van der Waals surface area contributed by atoms with Gasteiger partial charge in [-0.3, -0.25) is 0 Å². The van der Waals surface area contributed by atoms with Crippen LogP contribution >= 0.6 is 0 Å². The fourth-order valence-electron chi connectivity index (χ4n) is 1.06. The van der Waals surface area contributed by atoms with Crippen molar-refractivity contribution in [3.63, 3.8) is 0 Å². The van der Waals surface area contributed by atoms with Crippen LogP contribution in [0.3, 0.4) is 0 Å². The third-order valence-corrected chi connectivity index (χ3v) is 1.82. The van der Waals surface area contributed by atoms with Gasteiger partial charge < -0.3 is 0 Å². The van der Waals surface area contributed by atoms with E-state index in [-0.39, 0.29) is 0 Å². The van der Waals surface area contributed by atoms with Crippen LogP contribution in [0.2, 0.25) is 0 Å². The van der Waals surface area contributed by atoms with Crippen molar-refractivity contribution < 1.29 is 0 Å². The molecule has 0 saturated carbocycles. The van der Waals surface area contributed by atoms with Gasteiger partial charge in [0, 0.05) is 0 Å². The van der Waals surface area contributed by atoms with Crippen molar-refractivity contribution in [3.8, 4) is 0 Å². The Hall–Kier alpha value is -0.780. The van der Waals surface area contributed by atoms with Crippen molar-refractivity contribution in [2.45, 2.75) is 40.5 Å². The predicted molar refractivity (Wildman–Crippen MR) is 57.2 cm³/mol. The number of rotatable bonds is 4. The fourth-order valence-corrected chi connectivity index (χ4v) is 1.06. The summed E-state index contributed by atoms with van der Waals surface area (Å²) in [6, 6.07) is 0. The average Bonchev–Trinajstić information content (AvgIpc) is 1.96. The van der Waals surface area contributed by atoms with Crippen molar-refractivity contribution in [2.75, 3.05) is 0 Å². The molecule has 0 heterocycles. The van der Waals surface area contributed by atoms with E-state index in [0.29, 0.717) is 0 Å². The highest BCUT2D eigenvalue weighted by Crippen LogP contribution is 2.12. The van der Waals surface area contributed by atoms with E-state index in [0.717, 1.165) is 12.8 Å². The summed E-state index contributed by atoms with van der Waals surface area (Å²) in [5.41, 5.74) is 3.95. The molecule has 0 N–H and O–H groups in total. The molecule has 0 amide bonds. The smallest absolute Gasteiger partial charge is 0.0161 e. The minimum Gasteiger partial charge on any atom is -0.0958 e. The van der Waals surface area contributed by atoms with Gasteiger partial charge in [-0.2, -0.15) is 0 Å². The SMILES string of the molecule is C=C(C)/C(=C/CC=C(C)C)CC. The third-order valence-electron chi connectivity index (χ3n) is 1.82. The van der Waals surface area contributed by atoms with Gasteiger partial charge in [0.25, 0.3) is 0 Å². The Kier molecular flexibility index (Phi) is 5.44. The molecule has 0 bridgehead atoms. The second kappa shape index (κ2) is 5.82. The number of allylic oxidation sites excluding steroid dienone is 5. The standard InChI is InChI=1S/C12H20/c1-6-12(11(4)5)9-7-8-10(2)3/h8-9H,4,6-7H2,1-3,5H3/b12-9+. The van der Waals surface area contributed by atoms with E-state index in [4.69, 9.17) is 0 Å². The maximum Gasteiger partial charge on any atom is -0.0161 e. The maximum absolute atomic E-state index is 3.94. The second-order valence-electron chi connectivity index (χ2n) is 3.38. The van der Waals surface area contributed by atoms with Crippen LogP contribution in [0.1, 0.15) is 40.5 Å². The molecular formula is C12H20. The van der Waals surface area contributed by atoms with E-state index in [9.17, 15) is 0 Å². The molecule has 0 aliphatic rings. The van der Waals surface area contributed by atoms with Crippen LogP contribution in [-0.2, 0) is 0 Å². The zero-order valence-electron chi connectivity index (χ0n) is 8.78. The van der Waals surface area contributed by atoms with Crippen LogP contribution in [0, 0.1) is 0 Å². The highest BCUT2D eigenvalue weighted by molar-refractivity contribution is 5.26. The van der Waals surface area contributed by atoms with Gasteiger partial charge in [0.1, 0.15) is 0 Å². The minimum atomic E-state index is 1.04. The number of hydrogen-bond acceptors (Lipinski definition) is 0. The Labute approximate surface area is 76.7 Å². The monoisotopic (exact) mass is 164 g/mol. The van der Waals surface area contributed by atoms with E-state index < -0.39 is 0 Å². The summed E-state index contributed by atoms with van der Waals surface area (Å²) in [7, 11) is 0. The van der Waals surface area contributed by atoms with Gasteiger partial charge in [-0.25, -0.2) is 0 Å². The lowest BCUT2D eigenvalue weighted by Crippen LogP contribution is -1.81. The molecule has 68 valence electrons. The lowest BCUT2D eigenvalue weighted by Gasteiger charge is -2.01. The maximum atomic E-state index is 3.94. The van der Waals surface area contributed by atoms with E-state index in [1.165, 1.54) is 16.7 Å². The molecule has 0 aliphatic carbocycles. The van der Waals surface area contributed by atoms with Crippen molar-refractivity contribution in [2.24, 2.45) is 0 Å². The van der Waals surface area contributed by atoms with Gasteiger partial charge in [-0.1, -0.05) is 36.8 Å². The zero-order chi connectivity index (χ0) is 9.56. The van der Waals surface area contributed by atoms with Crippen LogP contribution in [0.25, 0.3) is 0 Å². The molecule has 0 aliphatic heterocycles. The molecule has 0 aromatic carbocycles. The summed E-state index contributed by atoms with van der Waals surface area (Å²) in [5, 5.41) is 0. The van der Waals surface area contributed by atoms with Crippen molar-refractivity contribution in [3.05, 3.63) is 35.5 Å². The quantitative estimate of drug-likeness (QED) is 0.430. The predicted octanol–water partition coefficient (Wildman–Crippen LogP) is 4.26. The number of hydrogen-bond donors (Lipinski definition) is 0. The molecule has 0 heteroatoms. The van der Waals surface area contributed by atoms with Gasteiger partial charge >= 0.3 is 0 Å². The highest BCUT2D eigenvalue weighted by atomic mass is 14.0. The Morgan fingerprint density at radius 1 is 1.17 bits per heavy atom. The van der Waals surface area contributed by atoms with Gasteiger partial charge in [0.2, 0.25) is 0 Å². The van der Waals surface area contributed by atoms with Crippen molar-refractivity contribution in [1.82, 2.24) is 0 Å². The summed E-state index contributed by atoms with van der Waals surface area (Å²) in [6.45, 7) is 12.4.